The SMILES string of the molecule is COC(=O)CCCC(C)N1CCN(c2ccc3ccccc3n2)CC1. The Bertz CT molecular complexity index is 711. The number of aromatic nitrogens is 1. The fourth-order valence-corrected chi connectivity index (χ4v) is 3.45. The predicted octanol–water partition coefficient (Wildman–Crippen LogP) is 3.09. The highest BCUT2D eigenvalue weighted by Gasteiger charge is 2.22. The van der Waals surface area contributed by atoms with Gasteiger partial charge in [-0.05, 0) is 38.0 Å². The minimum atomic E-state index is -0.112. The molecule has 134 valence electrons. The summed E-state index contributed by atoms with van der Waals surface area (Å²) in [6.45, 7) is 6.31. The van der Waals surface area contributed by atoms with E-state index in [2.05, 4.69) is 41.0 Å². The Kier molecular flexibility index (Phi) is 5.87. The molecule has 2 aromatic rings. The van der Waals surface area contributed by atoms with Gasteiger partial charge in [-0.25, -0.2) is 4.98 Å². The smallest absolute Gasteiger partial charge is 0.305 e. The highest BCUT2D eigenvalue weighted by molar-refractivity contribution is 5.80. The highest BCUT2D eigenvalue weighted by Crippen LogP contribution is 2.20. The average Bonchev–Trinajstić information content (AvgIpc) is 2.67. The van der Waals surface area contributed by atoms with Gasteiger partial charge in [-0.3, -0.25) is 9.69 Å². The Labute approximate surface area is 149 Å². The van der Waals surface area contributed by atoms with Crippen molar-refractivity contribution in [2.75, 3.05) is 38.2 Å². The first kappa shape index (κ1) is 17.7. The number of para-hydroxylation sites is 1. The Morgan fingerprint density at radius 2 is 1.92 bits per heavy atom. The van der Waals surface area contributed by atoms with Crippen LogP contribution in [0.1, 0.15) is 26.2 Å². The van der Waals surface area contributed by atoms with Gasteiger partial charge < -0.3 is 9.64 Å². The summed E-state index contributed by atoms with van der Waals surface area (Å²) in [6, 6.07) is 13.0. The first-order valence-electron chi connectivity index (χ1n) is 9.09. The van der Waals surface area contributed by atoms with E-state index in [4.69, 9.17) is 9.72 Å². The van der Waals surface area contributed by atoms with E-state index >= 15 is 0 Å². The quantitative estimate of drug-likeness (QED) is 0.756. The van der Waals surface area contributed by atoms with Crippen LogP contribution in [0.25, 0.3) is 10.9 Å². The number of methoxy groups -OCH3 is 1. The minimum Gasteiger partial charge on any atom is -0.469 e. The molecule has 0 spiro atoms. The lowest BCUT2D eigenvalue weighted by molar-refractivity contribution is -0.140. The first-order valence-corrected chi connectivity index (χ1v) is 9.09. The second-order valence-corrected chi connectivity index (χ2v) is 6.70. The summed E-state index contributed by atoms with van der Waals surface area (Å²) in [5, 5.41) is 1.18. The van der Waals surface area contributed by atoms with E-state index in [9.17, 15) is 4.79 Å². The molecule has 1 unspecified atom stereocenters. The molecular weight excluding hydrogens is 314 g/mol. The van der Waals surface area contributed by atoms with Crippen LogP contribution in [-0.4, -0.2) is 55.2 Å². The number of carbonyl (C=O) groups is 1. The van der Waals surface area contributed by atoms with Gasteiger partial charge in [0.1, 0.15) is 5.82 Å². The lowest BCUT2D eigenvalue weighted by atomic mass is 10.1. The van der Waals surface area contributed by atoms with Gasteiger partial charge in [-0.15, -0.1) is 0 Å². The summed E-state index contributed by atoms with van der Waals surface area (Å²) in [7, 11) is 1.45. The molecule has 0 saturated carbocycles. The molecule has 1 fully saturated rings. The molecule has 0 aliphatic carbocycles. The van der Waals surface area contributed by atoms with Crippen molar-refractivity contribution in [2.24, 2.45) is 0 Å². The van der Waals surface area contributed by atoms with Gasteiger partial charge in [0.25, 0.3) is 0 Å². The first-order chi connectivity index (χ1) is 12.2. The van der Waals surface area contributed by atoms with Crippen molar-refractivity contribution in [1.29, 1.82) is 0 Å². The van der Waals surface area contributed by atoms with Gasteiger partial charge in [0, 0.05) is 44.0 Å². The number of piperazine rings is 1. The number of fused-ring (bicyclic) bond motifs is 1. The molecule has 0 N–H and O–H groups in total. The van der Waals surface area contributed by atoms with E-state index in [0.29, 0.717) is 12.5 Å². The van der Waals surface area contributed by atoms with Crippen LogP contribution in [-0.2, 0) is 9.53 Å². The number of ether oxygens (including phenoxy) is 1. The van der Waals surface area contributed by atoms with E-state index in [1.54, 1.807) is 0 Å². The Morgan fingerprint density at radius 1 is 1.16 bits per heavy atom. The lowest BCUT2D eigenvalue weighted by Gasteiger charge is -2.38. The summed E-state index contributed by atoms with van der Waals surface area (Å²) in [4.78, 5) is 20.9. The molecule has 1 aromatic carbocycles. The number of nitrogens with zero attached hydrogens (tertiary/aromatic N) is 3. The summed E-state index contributed by atoms with van der Waals surface area (Å²) in [5.41, 5.74) is 1.05. The largest absolute Gasteiger partial charge is 0.469 e. The second-order valence-electron chi connectivity index (χ2n) is 6.70. The van der Waals surface area contributed by atoms with E-state index < -0.39 is 0 Å². The van der Waals surface area contributed by atoms with E-state index in [1.807, 2.05) is 12.1 Å². The average molecular weight is 341 g/mol. The predicted molar refractivity (Wildman–Crippen MR) is 101 cm³/mol. The number of hydrogen-bond donors (Lipinski definition) is 0. The molecule has 1 atom stereocenters. The lowest BCUT2D eigenvalue weighted by Crippen LogP contribution is -2.49. The third-order valence-electron chi connectivity index (χ3n) is 5.08. The maximum Gasteiger partial charge on any atom is 0.305 e. The van der Waals surface area contributed by atoms with Crippen molar-refractivity contribution >= 4 is 22.7 Å². The van der Waals surface area contributed by atoms with E-state index in [-0.39, 0.29) is 5.97 Å². The summed E-state index contributed by atoms with van der Waals surface area (Å²) in [6.07, 6.45) is 2.44. The molecule has 0 radical (unpaired) electrons. The van der Waals surface area contributed by atoms with Gasteiger partial charge in [0.2, 0.25) is 0 Å². The van der Waals surface area contributed by atoms with Crippen LogP contribution in [0.15, 0.2) is 36.4 Å². The molecule has 1 aliphatic heterocycles. The van der Waals surface area contributed by atoms with Gasteiger partial charge in [0.15, 0.2) is 0 Å². The van der Waals surface area contributed by atoms with Crippen molar-refractivity contribution in [1.82, 2.24) is 9.88 Å². The van der Waals surface area contributed by atoms with Crippen LogP contribution >= 0.6 is 0 Å². The molecule has 1 aliphatic rings. The summed E-state index contributed by atoms with van der Waals surface area (Å²) < 4.78 is 4.70. The zero-order valence-electron chi connectivity index (χ0n) is 15.1. The number of hydrogen-bond acceptors (Lipinski definition) is 5. The van der Waals surface area contributed by atoms with Crippen LogP contribution in [0.3, 0.4) is 0 Å². The fourth-order valence-electron chi connectivity index (χ4n) is 3.45. The number of anilines is 1. The van der Waals surface area contributed by atoms with Crippen LogP contribution in [0.4, 0.5) is 5.82 Å². The third-order valence-corrected chi connectivity index (χ3v) is 5.08. The molecule has 5 heteroatoms. The fraction of sp³-hybridized carbons (Fsp3) is 0.500. The summed E-state index contributed by atoms with van der Waals surface area (Å²) >= 11 is 0. The van der Waals surface area contributed by atoms with Gasteiger partial charge in [0.05, 0.1) is 12.6 Å². The molecule has 1 saturated heterocycles. The maximum atomic E-state index is 11.2. The van der Waals surface area contributed by atoms with Crippen molar-refractivity contribution in [3.63, 3.8) is 0 Å². The number of rotatable bonds is 6. The van der Waals surface area contributed by atoms with Crippen LogP contribution in [0.5, 0.6) is 0 Å². The monoisotopic (exact) mass is 341 g/mol. The van der Waals surface area contributed by atoms with Crippen molar-refractivity contribution in [3.05, 3.63) is 36.4 Å². The van der Waals surface area contributed by atoms with Crippen molar-refractivity contribution < 1.29 is 9.53 Å². The number of pyridine rings is 1. The molecule has 3 rings (SSSR count). The maximum absolute atomic E-state index is 11.2. The summed E-state index contributed by atoms with van der Waals surface area (Å²) in [5.74, 6) is 0.955. The van der Waals surface area contributed by atoms with Crippen molar-refractivity contribution in [2.45, 2.75) is 32.2 Å². The third kappa shape index (κ3) is 4.48. The highest BCUT2D eigenvalue weighted by atomic mass is 16.5. The number of benzene rings is 1. The molecule has 0 bridgehead atoms. The minimum absolute atomic E-state index is 0.112. The van der Waals surface area contributed by atoms with Crippen LogP contribution < -0.4 is 4.90 Å². The molecule has 1 aromatic heterocycles. The second kappa shape index (κ2) is 8.30. The van der Waals surface area contributed by atoms with Crippen LogP contribution in [0, 0.1) is 0 Å². The molecular formula is C20H27N3O2. The van der Waals surface area contributed by atoms with Gasteiger partial charge >= 0.3 is 5.97 Å². The topological polar surface area (TPSA) is 45.7 Å². The molecule has 25 heavy (non-hydrogen) atoms. The Balaban J connectivity index is 1.51. The normalized spacial score (nSPS) is 16.8. The molecule has 0 amide bonds. The Morgan fingerprint density at radius 3 is 2.68 bits per heavy atom. The molecule has 5 nitrogen and oxygen atoms in total. The van der Waals surface area contributed by atoms with E-state index in [0.717, 1.165) is 50.4 Å². The van der Waals surface area contributed by atoms with Gasteiger partial charge in [-0.2, -0.15) is 0 Å². The van der Waals surface area contributed by atoms with E-state index in [1.165, 1.54) is 12.5 Å². The Hall–Kier alpha value is -2.14. The zero-order valence-corrected chi connectivity index (χ0v) is 15.1. The molecule has 2 heterocycles. The van der Waals surface area contributed by atoms with Crippen LogP contribution in [0.2, 0.25) is 0 Å². The zero-order chi connectivity index (χ0) is 17.6. The standard InChI is InChI=1S/C20H27N3O2/c1-16(6-5-9-20(24)25-2)22-12-14-23(15-13-22)19-11-10-17-7-3-4-8-18(17)21-19/h3-4,7-8,10-11,16H,5-6,9,12-15H2,1-2H3. The van der Waals surface area contributed by atoms with Crippen molar-refractivity contribution in [3.8, 4) is 0 Å². The van der Waals surface area contributed by atoms with Gasteiger partial charge in [-0.1, -0.05) is 18.2 Å². The number of esters is 1. The number of carbonyl (C=O) groups excluding carboxylic acids is 1.